The van der Waals surface area contributed by atoms with Gasteiger partial charge in [-0.05, 0) is 30.5 Å². The topological polar surface area (TPSA) is 38.0 Å². The molecular formula is C13H16N2O. The number of imidazole rings is 1. The Morgan fingerprint density at radius 1 is 1.25 bits per heavy atom. The highest BCUT2D eigenvalue weighted by Crippen LogP contribution is 2.15. The summed E-state index contributed by atoms with van der Waals surface area (Å²) in [6, 6.07) is 6.28. The molecule has 0 aliphatic carbocycles. The maximum Gasteiger partial charge on any atom is 0.134 e. The van der Waals surface area contributed by atoms with Crippen molar-refractivity contribution < 1.29 is 5.11 Å². The first-order valence-corrected chi connectivity index (χ1v) is 5.38. The zero-order valence-electron chi connectivity index (χ0n) is 9.64. The van der Waals surface area contributed by atoms with E-state index < -0.39 is 0 Å². The lowest BCUT2D eigenvalue weighted by Crippen LogP contribution is -2.06. The Bertz CT molecular complexity index is 468. The van der Waals surface area contributed by atoms with Crippen LogP contribution >= 0.6 is 0 Å². The molecule has 0 radical (unpaired) electrons. The van der Waals surface area contributed by atoms with E-state index in [1.807, 2.05) is 10.8 Å². The zero-order chi connectivity index (χ0) is 11.5. The largest absolute Gasteiger partial charge is 0.388 e. The standard InChI is InChI=1S/C13H16N2O/c1-10-4-3-5-11(2)12(10)8-15-7-6-14-13(15)9-16/h3-7,16H,8-9H2,1-2H3. The average Bonchev–Trinajstić information content (AvgIpc) is 2.71. The quantitative estimate of drug-likeness (QED) is 0.852. The van der Waals surface area contributed by atoms with E-state index >= 15 is 0 Å². The molecule has 0 saturated heterocycles. The summed E-state index contributed by atoms with van der Waals surface area (Å²) in [5.41, 5.74) is 3.85. The molecule has 2 aromatic rings. The van der Waals surface area contributed by atoms with Gasteiger partial charge in [-0.2, -0.15) is 0 Å². The third kappa shape index (κ3) is 1.99. The molecule has 0 saturated carbocycles. The highest BCUT2D eigenvalue weighted by Gasteiger charge is 2.06. The number of benzene rings is 1. The number of nitrogens with zero attached hydrogens (tertiary/aromatic N) is 2. The van der Waals surface area contributed by atoms with Crippen molar-refractivity contribution >= 4 is 0 Å². The molecule has 3 heteroatoms. The Balaban J connectivity index is 2.34. The van der Waals surface area contributed by atoms with Gasteiger partial charge in [0.1, 0.15) is 12.4 Å². The van der Waals surface area contributed by atoms with Crippen LogP contribution in [0.1, 0.15) is 22.5 Å². The second kappa shape index (κ2) is 4.49. The molecule has 84 valence electrons. The van der Waals surface area contributed by atoms with Gasteiger partial charge in [-0.3, -0.25) is 0 Å². The molecule has 2 rings (SSSR count). The van der Waals surface area contributed by atoms with Crippen molar-refractivity contribution in [2.45, 2.75) is 27.0 Å². The van der Waals surface area contributed by atoms with Gasteiger partial charge in [-0.1, -0.05) is 18.2 Å². The van der Waals surface area contributed by atoms with Crippen LogP contribution in [0.15, 0.2) is 30.6 Å². The molecule has 1 aromatic heterocycles. The van der Waals surface area contributed by atoms with Crippen molar-refractivity contribution in [2.75, 3.05) is 0 Å². The summed E-state index contributed by atoms with van der Waals surface area (Å²) in [5.74, 6) is 0.711. The summed E-state index contributed by atoms with van der Waals surface area (Å²) < 4.78 is 1.98. The molecule has 3 nitrogen and oxygen atoms in total. The Morgan fingerprint density at radius 2 is 1.94 bits per heavy atom. The minimum atomic E-state index is -0.0159. The van der Waals surface area contributed by atoms with Gasteiger partial charge >= 0.3 is 0 Å². The minimum Gasteiger partial charge on any atom is -0.388 e. The van der Waals surface area contributed by atoms with Crippen LogP contribution < -0.4 is 0 Å². The van der Waals surface area contributed by atoms with E-state index in [9.17, 15) is 0 Å². The number of aryl methyl sites for hydroxylation is 2. The number of hydrogen-bond donors (Lipinski definition) is 1. The fourth-order valence-electron chi connectivity index (χ4n) is 1.90. The molecule has 0 aliphatic heterocycles. The highest BCUT2D eigenvalue weighted by atomic mass is 16.3. The first kappa shape index (κ1) is 10.9. The first-order valence-electron chi connectivity index (χ1n) is 5.38. The Labute approximate surface area is 95.4 Å². The summed E-state index contributed by atoms with van der Waals surface area (Å²) in [6.07, 6.45) is 3.62. The number of aliphatic hydroxyl groups excluding tert-OH is 1. The van der Waals surface area contributed by atoms with E-state index in [-0.39, 0.29) is 6.61 Å². The Kier molecular flexibility index (Phi) is 3.06. The normalized spacial score (nSPS) is 10.7. The number of rotatable bonds is 3. The maximum absolute atomic E-state index is 9.14. The fourth-order valence-corrected chi connectivity index (χ4v) is 1.90. The number of aromatic nitrogens is 2. The summed E-state index contributed by atoms with van der Waals surface area (Å²) in [7, 11) is 0. The van der Waals surface area contributed by atoms with E-state index in [1.54, 1.807) is 6.20 Å². The lowest BCUT2D eigenvalue weighted by molar-refractivity contribution is 0.266. The average molecular weight is 216 g/mol. The van der Waals surface area contributed by atoms with Gasteiger partial charge in [0.2, 0.25) is 0 Å². The summed E-state index contributed by atoms with van der Waals surface area (Å²) in [5, 5.41) is 9.14. The second-order valence-corrected chi connectivity index (χ2v) is 4.00. The van der Waals surface area contributed by atoms with Crippen molar-refractivity contribution in [3.05, 3.63) is 53.1 Å². The van der Waals surface area contributed by atoms with Crippen LogP contribution in [0.3, 0.4) is 0 Å². The van der Waals surface area contributed by atoms with Gasteiger partial charge in [0, 0.05) is 18.9 Å². The molecule has 0 bridgehead atoms. The summed E-state index contributed by atoms with van der Waals surface area (Å²) in [4.78, 5) is 4.10. The Morgan fingerprint density at radius 3 is 2.56 bits per heavy atom. The molecule has 0 aliphatic rings. The molecule has 0 fully saturated rings. The lowest BCUT2D eigenvalue weighted by Gasteiger charge is -2.11. The van der Waals surface area contributed by atoms with Gasteiger partial charge < -0.3 is 9.67 Å². The van der Waals surface area contributed by atoms with Crippen molar-refractivity contribution in [3.8, 4) is 0 Å². The number of aliphatic hydroxyl groups is 1. The predicted molar refractivity (Wildman–Crippen MR) is 63.2 cm³/mol. The number of hydrogen-bond acceptors (Lipinski definition) is 2. The summed E-state index contributed by atoms with van der Waals surface area (Å²) >= 11 is 0. The van der Waals surface area contributed by atoms with E-state index in [1.165, 1.54) is 16.7 Å². The second-order valence-electron chi connectivity index (χ2n) is 4.00. The van der Waals surface area contributed by atoms with Crippen LogP contribution in [0.25, 0.3) is 0 Å². The highest BCUT2D eigenvalue weighted by molar-refractivity contribution is 5.33. The third-order valence-electron chi connectivity index (χ3n) is 2.92. The smallest absolute Gasteiger partial charge is 0.134 e. The van der Waals surface area contributed by atoms with Gasteiger partial charge in [0.15, 0.2) is 0 Å². The molecule has 1 heterocycles. The van der Waals surface area contributed by atoms with Crippen molar-refractivity contribution in [1.29, 1.82) is 0 Å². The van der Waals surface area contributed by atoms with Gasteiger partial charge in [-0.15, -0.1) is 0 Å². The van der Waals surface area contributed by atoms with Gasteiger partial charge in [-0.25, -0.2) is 4.98 Å². The molecule has 0 spiro atoms. The van der Waals surface area contributed by atoms with E-state index in [2.05, 4.69) is 37.0 Å². The first-order chi connectivity index (χ1) is 7.72. The van der Waals surface area contributed by atoms with Crippen LogP contribution in [0.5, 0.6) is 0 Å². The zero-order valence-corrected chi connectivity index (χ0v) is 9.64. The van der Waals surface area contributed by atoms with Crippen LogP contribution in [0.4, 0.5) is 0 Å². The third-order valence-corrected chi connectivity index (χ3v) is 2.92. The Hall–Kier alpha value is -1.61. The molecular weight excluding hydrogens is 200 g/mol. The van der Waals surface area contributed by atoms with Gasteiger partial charge in [0.25, 0.3) is 0 Å². The predicted octanol–water partition coefficient (Wildman–Crippen LogP) is 2.04. The van der Waals surface area contributed by atoms with Crippen LogP contribution in [0.2, 0.25) is 0 Å². The van der Waals surface area contributed by atoms with Crippen LogP contribution in [-0.4, -0.2) is 14.7 Å². The molecule has 16 heavy (non-hydrogen) atoms. The van der Waals surface area contributed by atoms with Gasteiger partial charge in [0.05, 0.1) is 0 Å². The molecule has 1 N–H and O–H groups in total. The molecule has 0 atom stereocenters. The monoisotopic (exact) mass is 216 g/mol. The van der Waals surface area contributed by atoms with Crippen LogP contribution in [0, 0.1) is 13.8 Å². The van der Waals surface area contributed by atoms with Crippen LogP contribution in [-0.2, 0) is 13.2 Å². The van der Waals surface area contributed by atoms with Crippen molar-refractivity contribution in [2.24, 2.45) is 0 Å². The summed E-state index contributed by atoms with van der Waals surface area (Å²) in [6.45, 7) is 4.97. The fraction of sp³-hybridized carbons (Fsp3) is 0.308. The molecule has 0 amide bonds. The van der Waals surface area contributed by atoms with Crippen molar-refractivity contribution in [3.63, 3.8) is 0 Å². The SMILES string of the molecule is Cc1cccc(C)c1Cn1ccnc1CO. The van der Waals surface area contributed by atoms with E-state index in [4.69, 9.17) is 5.11 Å². The van der Waals surface area contributed by atoms with E-state index in [0.29, 0.717) is 5.82 Å². The van der Waals surface area contributed by atoms with E-state index in [0.717, 1.165) is 6.54 Å². The molecule has 1 aromatic carbocycles. The lowest BCUT2D eigenvalue weighted by atomic mass is 10.0. The molecule has 0 unspecified atom stereocenters. The minimum absolute atomic E-state index is 0.0159. The maximum atomic E-state index is 9.14. The van der Waals surface area contributed by atoms with Crippen molar-refractivity contribution in [1.82, 2.24) is 9.55 Å².